The lowest BCUT2D eigenvalue weighted by Gasteiger charge is -2.31. The van der Waals surface area contributed by atoms with Crippen molar-refractivity contribution >= 4 is 29.8 Å². The van der Waals surface area contributed by atoms with Gasteiger partial charge in [-0.3, -0.25) is 14.5 Å². The number of hydrogen-bond acceptors (Lipinski definition) is 7. The minimum absolute atomic E-state index is 0.143. The quantitative estimate of drug-likeness (QED) is 0.769. The summed E-state index contributed by atoms with van der Waals surface area (Å²) in [5.41, 5.74) is 1.18. The minimum atomic E-state index is -0.661. The molecule has 4 rings (SSSR count). The van der Waals surface area contributed by atoms with Crippen molar-refractivity contribution in [3.05, 3.63) is 36.5 Å². The highest BCUT2D eigenvalue weighted by atomic mass is 16.6. The van der Waals surface area contributed by atoms with Crippen molar-refractivity contribution in [1.29, 1.82) is 0 Å². The van der Waals surface area contributed by atoms with Crippen LogP contribution in [-0.4, -0.2) is 49.2 Å². The van der Waals surface area contributed by atoms with Crippen LogP contribution in [0.2, 0.25) is 0 Å². The van der Waals surface area contributed by atoms with E-state index in [1.807, 2.05) is 0 Å². The van der Waals surface area contributed by atoms with Gasteiger partial charge in [0, 0.05) is 13.1 Å². The van der Waals surface area contributed by atoms with Crippen molar-refractivity contribution in [2.45, 2.75) is 25.2 Å². The summed E-state index contributed by atoms with van der Waals surface area (Å²) in [6.07, 6.45) is 1.38. The molecule has 2 aromatic rings. The van der Waals surface area contributed by atoms with E-state index in [1.165, 1.54) is 22.4 Å². The van der Waals surface area contributed by atoms with Crippen LogP contribution < -0.4 is 19.9 Å². The molecule has 1 aromatic carbocycles. The Morgan fingerprint density at radius 3 is 2.86 bits per heavy atom. The van der Waals surface area contributed by atoms with E-state index >= 15 is 0 Å². The Morgan fingerprint density at radius 2 is 2.14 bits per heavy atom. The molecule has 10 heteroatoms. The summed E-state index contributed by atoms with van der Waals surface area (Å²) in [5, 5.41) is 2.60. The number of cyclic esters (lactones) is 1. The number of hydrogen-bond donors (Lipinski definition) is 1. The van der Waals surface area contributed by atoms with Crippen molar-refractivity contribution in [3.8, 4) is 5.75 Å². The monoisotopic (exact) mass is 386 g/mol. The van der Waals surface area contributed by atoms with Crippen LogP contribution in [-0.2, 0) is 14.3 Å². The van der Waals surface area contributed by atoms with Crippen molar-refractivity contribution < 1.29 is 28.3 Å². The third-order valence-electron chi connectivity index (χ3n) is 4.81. The summed E-state index contributed by atoms with van der Waals surface area (Å²) >= 11 is 0. The molecule has 3 heterocycles. The van der Waals surface area contributed by atoms with Crippen LogP contribution >= 0.6 is 0 Å². The normalized spacial score (nSPS) is 22.4. The SMILES string of the molecule is CC1Oc2cc(N3C[C@@H](C(NC=O)c4cnco4)OC3=O)ccc2N(C)C1=O. The van der Waals surface area contributed by atoms with Gasteiger partial charge in [-0.25, -0.2) is 9.78 Å². The van der Waals surface area contributed by atoms with Crippen molar-refractivity contribution in [1.82, 2.24) is 10.3 Å². The van der Waals surface area contributed by atoms with Crippen LogP contribution in [0.1, 0.15) is 18.7 Å². The number of anilines is 2. The van der Waals surface area contributed by atoms with Crippen molar-refractivity contribution in [3.63, 3.8) is 0 Å². The van der Waals surface area contributed by atoms with Gasteiger partial charge in [-0.15, -0.1) is 0 Å². The van der Waals surface area contributed by atoms with E-state index < -0.39 is 24.3 Å². The summed E-state index contributed by atoms with van der Waals surface area (Å²) in [5.74, 6) is 0.742. The number of benzene rings is 1. The van der Waals surface area contributed by atoms with Crippen LogP contribution in [0.5, 0.6) is 5.75 Å². The molecule has 10 nitrogen and oxygen atoms in total. The number of carbonyl (C=O) groups is 3. The minimum Gasteiger partial charge on any atom is -0.479 e. The first-order chi connectivity index (χ1) is 13.5. The lowest BCUT2D eigenvalue weighted by atomic mass is 10.1. The number of nitrogens with one attached hydrogen (secondary N) is 1. The Hall–Kier alpha value is -3.56. The number of aromatic nitrogens is 1. The van der Waals surface area contributed by atoms with Crippen LogP contribution in [0, 0.1) is 0 Å². The molecule has 0 spiro atoms. The van der Waals surface area contributed by atoms with E-state index in [2.05, 4.69) is 10.3 Å². The summed E-state index contributed by atoms with van der Waals surface area (Å²) < 4.78 is 16.4. The molecule has 28 heavy (non-hydrogen) atoms. The summed E-state index contributed by atoms with van der Waals surface area (Å²) in [4.78, 5) is 42.3. The maximum Gasteiger partial charge on any atom is 0.414 e. The molecule has 3 atom stereocenters. The molecular formula is C18H18N4O6. The first kappa shape index (κ1) is 17.8. The zero-order valence-corrected chi connectivity index (χ0v) is 15.2. The van der Waals surface area contributed by atoms with Gasteiger partial charge >= 0.3 is 6.09 Å². The molecule has 146 valence electrons. The average Bonchev–Trinajstić information content (AvgIpc) is 3.34. The lowest BCUT2D eigenvalue weighted by Crippen LogP contribution is -2.42. The topological polar surface area (TPSA) is 114 Å². The Morgan fingerprint density at radius 1 is 1.32 bits per heavy atom. The largest absolute Gasteiger partial charge is 0.479 e. The van der Waals surface area contributed by atoms with Gasteiger partial charge in [-0.05, 0) is 19.1 Å². The van der Waals surface area contributed by atoms with Gasteiger partial charge in [0.05, 0.1) is 24.1 Å². The Bertz CT molecular complexity index is 915. The smallest absolute Gasteiger partial charge is 0.414 e. The standard InChI is InChI=1S/C18H18N4O6/c1-10-17(24)21(2)12-4-3-11(5-13(12)27-10)22-7-15(28-18(22)25)16(20-8-23)14-6-19-9-26-14/h3-6,8-10,15-16H,7H2,1-2H3,(H,20,23)/t10?,15-,16?/m0/s1. The molecule has 0 radical (unpaired) electrons. The van der Waals surface area contributed by atoms with E-state index in [0.29, 0.717) is 29.3 Å². The van der Waals surface area contributed by atoms with Crippen molar-refractivity contribution in [2.24, 2.45) is 0 Å². The summed E-state index contributed by atoms with van der Waals surface area (Å²) in [6, 6.07) is 4.45. The molecular weight excluding hydrogens is 368 g/mol. The Kier molecular flexibility index (Phi) is 4.38. The predicted molar refractivity (Wildman–Crippen MR) is 96.0 cm³/mol. The zero-order valence-electron chi connectivity index (χ0n) is 15.2. The van der Waals surface area contributed by atoms with Gasteiger partial charge < -0.3 is 24.1 Å². The third kappa shape index (κ3) is 2.92. The lowest BCUT2D eigenvalue weighted by molar-refractivity contribution is -0.125. The van der Waals surface area contributed by atoms with Crippen LogP contribution in [0.25, 0.3) is 0 Å². The molecule has 0 aliphatic carbocycles. The van der Waals surface area contributed by atoms with Gasteiger partial charge in [-0.2, -0.15) is 0 Å². The molecule has 1 saturated heterocycles. The fourth-order valence-electron chi connectivity index (χ4n) is 3.37. The Balaban J connectivity index is 1.59. The van der Waals surface area contributed by atoms with Gasteiger partial charge in [0.2, 0.25) is 6.41 Å². The van der Waals surface area contributed by atoms with E-state index in [9.17, 15) is 14.4 Å². The number of oxazole rings is 1. The van der Waals surface area contributed by atoms with E-state index in [0.717, 1.165) is 0 Å². The second kappa shape index (κ2) is 6.87. The number of nitrogens with zero attached hydrogens (tertiary/aromatic N) is 3. The maximum atomic E-state index is 12.4. The van der Waals surface area contributed by atoms with Gasteiger partial charge in [0.1, 0.15) is 23.7 Å². The first-order valence-electron chi connectivity index (χ1n) is 8.64. The summed E-state index contributed by atoms with van der Waals surface area (Å²) in [6.45, 7) is 1.86. The molecule has 2 aliphatic heterocycles. The van der Waals surface area contributed by atoms with Gasteiger partial charge in [-0.1, -0.05) is 0 Å². The number of rotatable bonds is 5. The highest BCUT2D eigenvalue weighted by Crippen LogP contribution is 2.38. The molecule has 2 aliphatic rings. The van der Waals surface area contributed by atoms with Gasteiger partial charge in [0.15, 0.2) is 12.5 Å². The molecule has 2 unspecified atom stereocenters. The Labute approximate surface area is 160 Å². The van der Waals surface area contributed by atoms with Gasteiger partial charge in [0.25, 0.3) is 5.91 Å². The fourth-order valence-corrected chi connectivity index (χ4v) is 3.37. The zero-order chi connectivity index (χ0) is 19.8. The molecule has 1 fully saturated rings. The molecule has 1 aromatic heterocycles. The second-order valence-electron chi connectivity index (χ2n) is 6.51. The average molecular weight is 386 g/mol. The highest BCUT2D eigenvalue weighted by molar-refractivity contribution is 6.00. The number of amides is 3. The number of fused-ring (bicyclic) bond motifs is 1. The number of ether oxygens (including phenoxy) is 2. The maximum absolute atomic E-state index is 12.4. The van der Waals surface area contributed by atoms with Crippen LogP contribution in [0.4, 0.5) is 16.2 Å². The van der Waals surface area contributed by atoms with E-state index in [4.69, 9.17) is 13.9 Å². The number of likely N-dealkylation sites (N-methyl/N-ethyl adjacent to an activating group) is 1. The molecule has 0 bridgehead atoms. The number of carbonyl (C=O) groups excluding carboxylic acids is 3. The highest BCUT2D eigenvalue weighted by Gasteiger charge is 2.40. The van der Waals surface area contributed by atoms with Crippen LogP contribution in [0.3, 0.4) is 0 Å². The fraction of sp³-hybridized carbons (Fsp3) is 0.333. The summed E-state index contributed by atoms with van der Waals surface area (Å²) in [7, 11) is 1.67. The second-order valence-corrected chi connectivity index (χ2v) is 6.51. The molecule has 3 amide bonds. The van der Waals surface area contributed by atoms with E-state index in [1.54, 1.807) is 32.2 Å². The van der Waals surface area contributed by atoms with E-state index in [-0.39, 0.29) is 12.5 Å². The van der Waals surface area contributed by atoms with Crippen LogP contribution in [0.15, 0.2) is 35.2 Å². The third-order valence-corrected chi connectivity index (χ3v) is 4.81. The predicted octanol–water partition coefficient (Wildman–Crippen LogP) is 1.23. The molecule has 1 N–H and O–H groups in total. The molecule has 0 saturated carbocycles. The van der Waals surface area contributed by atoms with Crippen molar-refractivity contribution in [2.75, 3.05) is 23.4 Å². The first-order valence-corrected chi connectivity index (χ1v) is 8.64.